The van der Waals surface area contributed by atoms with E-state index in [1.54, 1.807) is 11.3 Å². The first kappa shape index (κ1) is 14.5. The molecule has 0 spiro atoms. The zero-order valence-corrected chi connectivity index (χ0v) is 14.6. The van der Waals surface area contributed by atoms with Gasteiger partial charge in [0.1, 0.15) is 5.01 Å². The first-order valence-electron chi connectivity index (χ1n) is 6.56. The zero-order chi connectivity index (χ0) is 14.5. The van der Waals surface area contributed by atoms with E-state index in [4.69, 9.17) is 22.3 Å². The van der Waals surface area contributed by atoms with E-state index in [1.165, 1.54) is 4.88 Å². The maximum atomic E-state index is 6.31. The van der Waals surface area contributed by atoms with Crippen LogP contribution < -0.4 is 5.73 Å². The average molecular weight is 372 g/mol. The molecule has 2 nitrogen and oxygen atoms in total. The van der Waals surface area contributed by atoms with E-state index in [2.05, 4.69) is 29.8 Å². The maximum Gasteiger partial charge on any atom is 0.125 e. The first-order valence-corrected chi connectivity index (χ1v) is 8.55. The lowest BCUT2D eigenvalue weighted by Gasteiger charge is -2.32. The van der Waals surface area contributed by atoms with Crippen molar-refractivity contribution in [2.75, 3.05) is 0 Å². The van der Waals surface area contributed by atoms with Crippen LogP contribution in [0.3, 0.4) is 0 Å². The second-order valence-corrected chi connectivity index (χ2v) is 8.46. The van der Waals surface area contributed by atoms with Gasteiger partial charge in [0.2, 0.25) is 0 Å². The molecule has 0 radical (unpaired) electrons. The number of hydrogen-bond acceptors (Lipinski definition) is 3. The van der Waals surface area contributed by atoms with E-state index >= 15 is 0 Å². The molecule has 1 aromatic carbocycles. The van der Waals surface area contributed by atoms with Crippen molar-refractivity contribution >= 4 is 38.9 Å². The summed E-state index contributed by atoms with van der Waals surface area (Å²) in [7, 11) is 0. The molecule has 1 atom stereocenters. The highest BCUT2D eigenvalue weighted by Crippen LogP contribution is 2.44. The van der Waals surface area contributed by atoms with Crippen LogP contribution in [0.2, 0.25) is 5.02 Å². The Hall–Kier alpha value is -0.420. The van der Waals surface area contributed by atoms with Gasteiger partial charge in [-0.3, -0.25) is 0 Å². The number of aromatic nitrogens is 1. The van der Waals surface area contributed by atoms with E-state index in [-0.39, 0.29) is 11.5 Å². The summed E-state index contributed by atoms with van der Waals surface area (Å²) in [6.45, 7) is 4.50. The number of hydrogen-bond donors (Lipinski definition) is 1. The molecule has 3 rings (SSSR count). The lowest BCUT2D eigenvalue weighted by Crippen LogP contribution is -2.28. The molecule has 1 aromatic heterocycles. The summed E-state index contributed by atoms with van der Waals surface area (Å²) in [6.07, 6.45) is 1.99. The highest BCUT2D eigenvalue weighted by molar-refractivity contribution is 9.10. The summed E-state index contributed by atoms with van der Waals surface area (Å²) in [5, 5.41) is 1.70. The fraction of sp³-hybridized carbons (Fsp3) is 0.400. The standard InChI is InChI=1S/C15H16BrClN2S/c1-15(2)6-11(18)13-12(7-15)19-14(20-13)9-5-8(16)3-4-10(9)17/h3-5,11H,6-7,18H2,1-2H3. The summed E-state index contributed by atoms with van der Waals surface area (Å²) < 4.78 is 1.01. The van der Waals surface area contributed by atoms with Crippen LogP contribution in [0.15, 0.2) is 22.7 Å². The van der Waals surface area contributed by atoms with Crippen molar-refractivity contribution in [3.63, 3.8) is 0 Å². The molecule has 1 heterocycles. The molecule has 1 aliphatic rings. The normalized spacial score (nSPS) is 20.8. The van der Waals surface area contributed by atoms with Gasteiger partial charge in [-0.2, -0.15) is 0 Å². The Balaban J connectivity index is 2.08. The van der Waals surface area contributed by atoms with Gasteiger partial charge in [-0.1, -0.05) is 41.4 Å². The minimum absolute atomic E-state index is 0.0888. The fourth-order valence-corrected chi connectivity index (χ4v) is 4.51. The number of nitrogens with zero attached hydrogens (tertiary/aromatic N) is 1. The number of nitrogens with two attached hydrogens (primary N) is 1. The molecule has 0 saturated carbocycles. The summed E-state index contributed by atoms with van der Waals surface area (Å²) in [5.41, 5.74) is 8.65. The van der Waals surface area contributed by atoms with E-state index in [1.807, 2.05) is 18.2 Å². The maximum absolute atomic E-state index is 6.31. The topological polar surface area (TPSA) is 38.9 Å². The second kappa shape index (κ2) is 5.09. The minimum Gasteiger partial charge on any atom is -0.323 e. The van der Waals surface area contributed by atoms with Crippen LogP contribution in [0.5, 0.6) is 0 Å². The highest BCUT2D eigenvalue weighted by atomic mass is 79.9. The van der Waals surface area contributed by atoms with E-state index in [9.17, 15) is 0 Å². The van der Waals surface area contributed by atoms with Crippen LogP contribution in [0.4, 0.5) is 0 Å². The highest BCUT2D eigenvalue weighted by Gasteiger charge is 2.33. The van der Waals surface area contributed by atoms with Crippen LogP contribution in [0.1, 0.15) is 36.9 Å². The molecule has 0 fully saturated rings. The van der Waals surface area contributed by atoms with E-state index in [0.717, 1.165) is 38.6 Å². The molecular weight excluding hydrogens is 356 g/mol. The monoisotopic (exact) mass is 370 g/mol. The third kappa shape index (κ3) is 2.67. The van der Waals surface area contributed by atoms with Crippen LogP contribution >= 0.6 is 38.9 Å². The van der Waals surface area contributed by atoms with Gasteiger partial charge in [0.05, 0.1) is 10.7 Å². The first-order chi connectivity index (χ1) is 9.35. The van der Waals surface area contributed by atoms with Gasteiger partial charge >= 0.3 is 0 Å². The predicted molar refractivity (Wildman–Crippen MR) is 89.3 cm³/mol. The number of fused-ring (bicyclic) bond motifs is 1. The third-order valence-electron chi connectivity index (χ3n) is 3.64. The summed E-state index contributed by atoms with van der Waals surface area (Å²) in [6, 6.07) is 5.94. The van der Waals surface area contributed by atoms with Crippen molar-refractivity contribution in [1.82, 2.24) is 4.98 Å². The van der Waals surface area contributed by atoms with Crippen LogP contribution in [0, 0.1) is 5.41 Å². The molecule has 2 N–H and O–H groups in total. The van der Waals surface area contributed by atoms with Crippen molar-refractivity contribution in [3.05, 3.63) is 38.3 Å². The number of benzene rings is 1. The molecule has 0 saturated heterocycles. The minimum atomic E-state index is 0.0888. The second-order valence-electron chi connectivity index (χ2n) is 6.11. The van der Waals surface area contributed by atoms with Gasteiger partial charge in [0, 0.05) is 21.0 Å². The zero-order valence-electron chi connectivity index (χ0n) is 11.4. The number of halogens is 2. The van der Waals surface area contributed by atoms with Crippen molar-refractivity contribution in [1.29, 1.82) is 0 Å². The average Bonchev–Trinajstić information content (AvgIpc) is 2.74. The smallest absolute Gasteiger partial charge is 0.125 e. The van der Waals surface area contributed by atoms with Crippen molar-refractivity contribution in [2.45, 2.75) is 32.7 Å². The molecular formula is C15H16BrClN2S. The van der Waals surface area contributed by atoms with Crippen molar-refractivity contribution in [3.8, 4) is 10.6 Å². The largest absolute Gasteiger partial charge is 0.323 e. The molecule has 0 bridgehead atoms. The van der Waals surface area contributed by atoms with Crippen molar-refractivity contribution in [2.24, 2.45) is 11.1 Å². The molecule has 106 valence electrons. The molecule has 1 unspecified atom stereocenters. The van der Waals surface area contributed by atoms with E-state index in [0.29, 0.717) is 0 Å². The van der Waals surface area contributed by atoms with Gasteiger partial charge in [0.15, 0.2) is 0 Å². The Morgan fingerprint density at radius 2 is 2.20 bits per heavy atom. The molecule has 2 aromatic rings. The Morgan fingerprint density at radius 1 is 1.45 bits per heavy atom. The molecule has 0 amide bonds. The summed E-state index contributed by atoms with van der Waals surface area (Å²) in [4.78, 5) is 6.02. The molecule has 20 heavy (non-hydrogen) atoms. The van der Waals surface area contributed by atoms with Crippen molar-refractivity contribution < 1.29 is 0 Å². The number of thiazole rings is 1. The fourth-order valence-electron chi connectivity index (χ4n) is 2.77. The predicted octanol–water partition coefficient (Wildman–Crippen LogP) is 5.20. The third-order valence-corrected chi connectivity index (χ3v) is 5.73. The van der Waals surface area contributed by atoms with Crippen LogP contribution in [-0.4, -0.2) is 4.98 Å². The quantitative estimate of drug-likeness (QED) is 0.748. The Morgan fingerprint density at radius 3 is 2.95 bits per heavy atom. The molecule has 1 aliphatic carbocycles. The lowest BCUT2D eigenvalue weighted by molar-refractivity contribution is 0.282. The van der Waals surface area contributed by atoms with Gasteiger partial charge in [-0.05, 0) is 36.5 Å². The van der Waals surface area contributed by atoms with Gasteiger partial charge < -0.3 is 5.73 Å². The Labute approximate surface area is 136 Å². The van der Waals surface area contributed by atoms with Gasteiger partial charge in [-0.15, -0.1) is 11.3 Å². The van der Waals surface area contributed by atoms with Gasteiger partial charge in [0.25, 0.3) is 0 Å². The van der Waals surface area contributed by atoms with Crippen LogP contribution in [-0.2, 0) is 6.42 Å². The molecule has 5 heteroatoms. The van der Waals surface area contributed by atoms with Gasteiger partial charge in [-0.25, -0.2) is 4.98 Å². The summed E-state index contributed by atoms with van der Waals surface area (Å²) in [5.74, 6) is 0. The summed E-state index contributed by atoms with van der Waals surface area (Å²) >= 11 is 11.5. The van der Waals surface area contributed by atoms with Crippen LogP contribution in [0.25, 0.3) is 10.6 Å². The number of rotatable bonds is 1. The Bertz CT molecular complexity index is 666. The Kier molecular flexibility index (Phi) is 3.70. The van der Waals surface area contributed by atoms with E-state index < -0.39 is 0 Å². The molecule has 0 aliphatic heterocycles. The SMILES string of the molecule is CC1(C)Cc2nc(-c3cc(Br)ccc3Cl)sc2C(N)C1. The lowest BCUT2D eigenvalue weighted by atomic mass is 9.77.